The van der Waals surface area contributed by atoms with Crippen LogP contribution in [0.15, 0.2) is 24.3 Å². The van der Waals surface area contributed by atoms with Crippen LogP contribution in [0.5, 0.6) is 5.75 Å². The van der Waals surface area contributed by atoms with Gasteiger partial charge < -0.3 is 10.5 Å². The monoisotopic (exact) mass is 278 g/mol. The molecule has 1 aromatic carbocycles. The Morgan fingerprint density at radius 2 is 2.00 bits per heavy atom. The number of rotatable bonds is 9. The fraction of sp³-hybridized carbons (Fsp3) is 0.647. The number of methoxy groups -OCH3 is 1. The molecule has 0 aromatic heterocycles. The van der Waals surface area contributed by atoms with Crippen LogP contribution in [0.25, 0.3) is 0 Å². The molecule has 2 N–H and O–H groups in total. The first-order valence-corrected chi connectivity index (χ1v) is 7.73. The normalized spacial score (nSPS) is 12.9. The lowest BCUT2D eigenvalue weighted by Gasteiger charge is -2.35. The molecule has 0 bridgehead atoms. The summed E-state index contributed by atoms with van der Waals surface area (Å²) in [5.74, 6) is 0.901. The van der Waals surface area contributed by atoms with Gasteiger partial charge in [-0.05, 0) is 44.5 Å². The highest BCUT2D eigenvalue weighted by Gasteiger charge is 2.21. The number of hydrogen-bond acceptors (Lipinski definition) is 3. The minimum Gasteiger partial charge on any atom is -0.497 e. The maximum Gasteiger partial charge on any atom is 0.119 e. The summed E-state index contributed by atoms with van der Waals surface area (Å²) in [6, 6.07) is 9.03. The van der Waals surface area contributed by atoms with Crippen molar-refractivity contribution in [2.75, 3.05) is 20.2 Å². The fourth-order valence-electron chi connectivity index (χ4n) is 2.63. The van der Waals surface area contributed by atoms with E-state index in [2.05, 4.69) is 37.8 Å². The first kappa shape index (κ1) is 17.0. The van der Waals surface area contributed by atoms with E-state index < -0.39 is 0 Å². The highest BCUT2D eigenvalue weighted by atomic mass is 16.5. The van der Waals surface area contributed by atoms with Crippen LogP contribution >= 0.6 is 0 Å². The Labute approximate surface area is 124 Å². The fourth-order valence-corrected chi connectivity index (χ4v) is 2.63. The van der Waals surface area contributed by atoms with Gasteiger partial charge in [0.2, 0.25) is 0 Å². The van der Waals surface area contributed by atoms with Gasteiger partial charge in [-0.15, -0.1) is 0 Å². The van der Waals surface area contributed by atoms with Crippen molar-refractivity contribution >= 4 is 0 Å². The van der Waals surface area contributed by atoms with E-state index in [4.69, 9.17) is 10.5 Å². The average Bonchev–Trinajstić information content (AvgIpc) is 2.46. The summed E-state index contributed by atoms with van der Waals surface area (Å²) in [7, 11) is 1.71. The van der Waals surface area contributed by atoms with Crippen molar-refractivity contribution in [3.05, 3.63) is 29.8 Å². The van der Waals surface area contributed by atoms with Gasteiger partial charge >= 0.3 is 0 Å². The minimum atomic E-state index is 0.266. The molecular weight excluding hydrogens is 248 g/mol. The minimum absolute atomic E-state index is 0.266. The molecule has 0 aliphatic carbocycles. The molecule has 1 aromatic rings. The molecule has 3 nitrogen and oxygen atoms in total. The second kappa shape index (κ2) is 8.98. The first-order chi connectivity index (χ1) is 9.63. The van der Waals surface area contributed by atoms with Crippen molar-refractivity contribution in [2.24, 2.45) is 5.73 Å². The van der Waals surface area contributed by atoms with Gasteiger partial charge in [0, 0.05) is 18.6 Å². The van der Waals surface area contributed by atoms with E-state index in [9.17, 15) is 0 Å². The Balaban J connectivity index is 2.87. The Bertz CT molecular complexity index is 379. The third-order valence-corrected chi connectivity index (χ3v) is 3.79. The lowest BCUT2D eigenvalue weighted by Crippen LogP contribution is -2.39. The SMILES string of the molecule is CCCCCN(C(C)C)C(CN)c1cccc(OC)c1. The summed E-state index contributed by atoms with van der Waals surface area (Å²) in [5, 5.41) is 0. The number of benzene rings is 1. The van der Waals surface area contributed by atoms with E-state index in [-0.39, 0.29) is 6.04 Å². The summed E-state index contributed by atoms with van der Waals surface area (Å²) in [6.07, 6.45) is 3.76. The number of nitrogens with two attached hydrogens (primary N) is 1. The molecule has 114 valence electrons. The summed E-state index contributed by atoms with van der Waals surface area (Å²) < 4.78 is 5.33. The van der Waals surface area contributed by atoms with Gasteiger partial charge in [-0.1, -0.05) is 31.9 Å². The zero-order valence-electron chi connectivity index (χ0n) is 13.4. The second-order valence-electron chi connectivity index (χ2n) is 5.57. The number of hydrogen-bond donors (Lipinski definition) is 1. The van der Waals surface area contributed by atoms with Gasteiger partial charge in [0.15, 0.2) is 0 Å². The van der Waals surface area contributed by atoms with Crippen molar-refractivity contribution in [1.82, 2.24) is 4.90 Å². The van der Waals surface area contributed by atoms with Gasteiger partial charge in [-0.2, -0.15) is 0 Å². The smallest absolute Gasteiger partial charge is 0.119 e. The molecule has 0 heterocycles. The number of nitrogens with zero attached hydrogens (tertiary/aromatic N) is 1. The topological polar surface area (TPSA) is 38.5 Å². The predicted octanol–water partition coefficient (Wildman–Crippen LogP) is 3.60. The zero-order chi connectivity index (χ0) is 15.0. The predicted molar refractivity (Wildman–Crippen MR) is 86.2 cm³/mol. The molecule has 0 spiro atoms. The molecule has 0 saturated heterocycles. The van der Waals surface area contributed by atoms with E-state index in [1.54, 1.807) is 7.11 Å². The van der Waals surface area contributed by atoms with Gasteiger partial charge in [0.1, 0.15) is 5.75 Å². The molecule has 0 fully saturated rings. The molecule has 20 heavy (non-hydrogen) atoms. The van der Waals surface area contributed by atoms with Crippen molar-refractivity contribution in [1.29, 1.82) is 0 Å². The Morgan fingerprint density at radius 1 is 1.25 bits per heavy atom. The molecule has 0 saturated carbocycles. The summed E-state index contributed by atoms with van der Waals surface area (Å²) in [4.78, 5) is 2.50. The van der Waals surface area contributed by atoms with Crippen molar-refractivity contribution in [2.45, 2.75) is 52.1 Å². The van der Waals surface area contributed by atoms with E-state index in [1.807, 2.05) is 12.1 Å². The Hall–Kier alpha value is -1.06. The van der Waals surface area contributed by atoms with Crippen molar-refractivity contribution in [3.8, 4) is 5.75 Å². The summed E-state index contributed by atoms with van der Waals surface area (Å²) in [6.45, 7) is 8.47. The van der Waals surface area contributed by atoms with Crippen LogP contribution in [0.2, 0.25) is 0 Å². The molecule has 0 aliphatic heterocycles. The molecule has 0 amide bonds. The van der Waals surface area contributed by atoms with Crippen molar-refractivity contribution in [3.63, 3.8) is 0 Å². The molecule has 1 atom stereocenters. The Morgan fingerprint density at radius 3 is 2.55 bits per heavy atom. The summed E-state index contributed by atoms with van der Waals surface area (Å²) >= 11 is 0. The molecule has 0 aliphatic rings. The zero-order valence-corrected chi connectivity index (χ0v) is 13.4. The van der Waals surface area contributed by atoms with E-state index in [0.717, 1.165) is 12.3 Å². The van der Waals surface area contributed by atoms with Gasteiger partial charge in [0.05, 0.1) is 7.11 Å². The number of unbranched alkanes of at least 4 members (excludes halogenated alkanes) is 2. The van der Waals surface area contributed by atoms with Crippen LogP contribution in [-0.4, -0.2) is 31.1 Å². The summed E-state index contributed by atoms with van der Waals surface area (Å²) in [5.41, 5.74) is 7.30. The van der Waals surface area contributed by atoms with Crippen LogP contribution in [0, 0.1) is 0 Å². The quantitative estimate of drug-likeness (QED) is 0.701. The highest BCUT2D eigenvalue weighted by molar-refractivity contribution is 5.30. The van der Waals surface area contributed by atoms with Crippen LogP contribution in [0.4, 0.5) is 0 Å². The van der Waals surface area contributed by atoms with Crippen LogP contribution in [-0.2, 0) is 0 Å². The van der Waals surface area contributed by atoms with Gasteiger partial charge in [-0.3, -0.25) is 4.90 Å². The first-order valence-electron chi connectivity index (χ1n) is 7.73. The van der Waals surface area contributed by atoms with E-state index >= 15 is 0 Å². The van der Waals surface area contributed by atoms with E-state index in [0.29, 0.717) is 12.6 Å². The standard InChI is InChI=1S/C17H30N2O/c1-5-6-7-11-19(14(2)3)17(13-18)15-9-8-10-16(12-15)20-4/h8-10,12,14,17H,5-7,11,13,18H2,1-4H3. The number of ether oxygens (including phenoxy) is 1. The van der Waals surface area contributed by atoms with Gasteiger partial charge in [0.25, 0.3) is 0 Å². The molecule has 1 unspecified atom stereocenters. The molecule has 1 rings (SSSR count). The Kier molecular flexibility index (Phi) is 7.63. The lowest BCUT2D eigenvalue weighted by molar-refractivity contribution is 0.153. The maximum atomic E-state index is 6.06. The third-order valence-electron chi connectivity index (χ3n) is 3.79. The van der Waals surface area contributed by atoms with Crippen LogP contribution in [0.3, 0.4) is 0 Å². The van der Waals surface area contributed by atoms with E-state index in [1.165, 1.54) is 24.8 Å². The van der Waals surface area contributed by atoms with Crippen molar-refractivity contribution < 1.29 is 4.74 Å². The van der Waals surface area contributed by atoms with Gasteiger partial charge in [-0.25, -0.2) is 0 Å². The lowest BCUT2D eigenvalue weighted by atomic mass is 10.0. The average molecular weight is 278 g/mol. The van der Waals surface area contributed by atoms with Crippen LogP contribution in [0.1, 0.15) is 51.6 Å². The third kappa shape index (κ3) is 4.80. The highest BCUT2D eigenvalue weighted by Crippen LogP contribution is 2.25. The second-order valence-corrected chi connectivity index (χ2v) is 5.57. The molecule has 0 radical (unpaired) electrons. The molecule has 3 heteroatoms. The largest absolute Gasteiger partial charge is 0.497 e. The molecular formula is C17H30N2O. The maximum absolute atomic E-state index is 6.06. The van der Waals surface area contributed by atoms with Crippen LogP contribution < -0.4 is 10.5 Å².